The predicted octanol–water partition coefficient (Wildman–Crippen LogP) is 2.05. The Morgan fingerprint density at radius 3 is 2.92 bits per heavy atom. The Labute approximate surface area is 81.3 Å². The zero-order chi connectivity index (χ0) is 8.60. The van der Waals surface area contributed by atoms with Crippen molar-refractivity contribution in [2.75, 3.05) is 11.5 Å². The lowest BCUT2D eigenvalue weighted by molar-refractivity contribution is 0.603. The highest BCUT2D eigenvalue weighted by Gasteiger charge is 2.30. The van der Waals surface area contributed by atoms with E-state index in [4.69, 9.17) is 0 Å². The highest BCUT2D eigenvalue weighted by Crippen LogP contribution is 2.31. The lowest BCUT2D eigenvalue weighted by Crippen LogP contribution is -2.16. The van der Waals surface area contributed by atoms with Crippen LogP contribution in [-0.4, -0.2) is 33.7 Å². The van der Waals surface area contributed by atoms with E-state index >= 15 is 0 Å². The van der Waals surface area contributed by atoms with Gasteiger partial charge in [0.1, 0.15) is 6.04 Å². The van der Waals surface area contributed by atoms with E-state index in [1.54, 1.807) is 11.8 Å². The van der Waals surface area contributed by atoms with Crippen LogP contribution in [0.1, 0.15) is 13.8 Å². The molecule has 1 atom stereocenters. The molecule has 1 unspecified atom stereocenters. The first-order valence-corrected chi connectivity index (χ1v) is 6.07. The minimum atomic E-state index is 0.142. The molecule has 0 amide bonds. The van der Waals surface area contributed by atoms with Gasteiger partial charge in [0.15, 0.2) is 0 Å². The number of hydrogen-bond donors (Lipinski definition) is 0. The summed E-state index contributed by atoms with van der Waals surface area (Å²) in [6, 6.07) is 0.363. The number of hydrogen-bond acceptors (Lipinski definition) is 4. The molecule has 2 aliphatic heterocycles. The number of aliphatic imine (C=N–C) groups is 2. The average molecular weight is 200 g/mol. The van der Waals surface area contributed by atoms with Gasteiger partial charge >= 0.3 is 0 Å². The molecule has 2 rings (SSSR count). The lowest BCUT2D eigenvalue weighted by Gasteiger charge is -2.09. The van der Waals surface area contributed by atoms with Crippen LogP contribution in [0.4, 0.5) is 0 Å². The Bertz CT molecular complexity index is 245. The number of rotatable bonds is 1. The van der Waals surface area contributed by atoms with Gasteiger partial charge in [-0.1, -0.05) is 0 Å². The normalized spacial score (nSPS) is 32.5. The fraction of sp³-hybridized carbons (Fsp3) is 0.750. The topological polar surface area (TPSA) is 24.7 Å². The van der Waals surface area contributed by atoms with Crippen LogP contribution in [0.2, 0.25) is 0 Å². The first-order chi connectivity index (χ1) is 5.67. The molecule has 66 valence electrons. The second-order valence-electron chi connectivity index (χ2n) is 3.65. The van der Waals surface area contributed by atoms with Crippen molar-refractivity contribution in [3.05, 3.63) is 0 Å². The van der Waals surface area contributed by atoms with Crippen molar-refractivity contribution in [3.63, 3.8) is 0 Å². The van der Waals surface area contributed by atoms with Gasteiger partial charge in [-0.05, 0) is 13.8 Å². The molecule has 0 spiro atoms. The summed E-state index contributed by atoms with van der Waals surface area (Å²) >= 11 is 3.65. The fourth-order valence-electron chi connectivity index (χ4n) is 1.21. The van der Waals surface area contributed by atoms with E-state index in [1.165, 1.54) is 5.04 Å². The van der Waals surface area contributed by atoms with Crippen molar-refractivity contribution in [1.29, 1.82) is 0 Å². The molecule has 0 saturated heterocycles. The van der Waals surface area contributed by atoms with Crippen molar-refractivity contribution in [3.8, 4) is 0 Å². The van der Waals surface area contributed by atoms with E-state index in [1.807, 2.05) is 17.3 Å². The van der Waals surface area contributed by atoms with E-state index in [2.05, 4.69) is 23.8 Å². The molecular weight excluding hydrogens is 188 g/mol. The smallest absolute Gasteiger partial charge is 0.108 e. The van der Waals surface area contributed by atoms with Gasteiger partial charge in [0.25, 0.3) is 0 Å². The molecule has 0 radical (unpaired) electrons. The molecule has 0 bridgehead atoms. The molecule has 0 N–H and O–H groups in total. The maximum atomic E-state index is 4.65. The van der Waals surface area contributed by atoms with E-state index in [0.717, 1.165) is 11.5 Å². The first-order valence-electron chi connectivity index (χ1n) is 4.03. The largest absolute Gasteiger partial charge is 0.275 e. The number of nitrogens with zero attached hydrogens (tertiary/aromatic N) is 2. The molecule has 2 aliphatic rings. The van der Waals surface area contributed by atoms with Gasteiger partial charge < -0.3 is 0 Å². The fourth-order valence-corrected chi connectivity index (χ4v) is 3.28. The molecule has 0 aromatic rings. The summed E-state index contributed by atoms with van der Waals surface area (Å²) in [5, 5.41) is 1.24. The minimum Gasteiger partial charge on any atom is -0.275 e. The quantitative estimate of drug-likeness (QED) is 0.647. The second kappa shape index (κ2) is 3.07. The third-order valence-electron chi connectivity index (χ3n) is 1.84. The zero-order valence-corrected chi connectivity index (χ0v) is 8.91. The first kappa shape index (κ1) is 8.63. The Balaban J connectivity index is 2.10. The summed E-state index contributed by atoms with van der Waals surface area (Å²) in [5.41, 5.74) is 2.09. The van der Waals surface area contributed by atoms with Gasteiger partial charge in [-0.2, -0.15) is 0 Å². The monoisotopic (exact) mass is 200 g/mol. The van der Waals surface area contributed by atoms with Gasteiger partial charge in [-0.25, -0.2) is 0 Å². The molecule has 2 heterocycles. The molecule has 12 heavy (non-hydrogen) atoms. The van der Waals surface area contributed by atoms with E-state index in [0.29, 0.717) is 6.04 Å². The molecule has 0 fully saturated rings. The highest BCUT2D eigenvalue weighted by atomic mass is 32.2. The number of thioether (sulfide) groups is 2. The van der Waals surface area contributed by atoms with E-state index < -0.39 is 0 Å². The van der Waals surface area contributed by atoms with Crippen LogP contribution in [0.25, 0.3) is 0 Å². The minimum absolute atomic E-state index is 0.142. The van der Waals surface area contributed by atoms with Gasteiger partial charge in [0.2, 0.25) is 0 Å². The Morgan fingerprint density at radius 1 is 1.58 bits per heavy atom. The van der Waals surface area contributed by atoms with E-state index in [-0.39, 0.29) is 5.54 Å². The maximum absolute atomic E-state index is 4.65. The van der Waals surface area contributed by atoms with Crippen molar-refractivity contribution < 1.29 is 0 Å². The molecule has 2 nitrogen and oxygen atoms in total. The summed E-state index contributed by atoms with van der Waals surface area (Å²) in [4.78, 5) is 9.02. The third kappa shape index (κ3) is 1.69. The van der Waals surface area contributed by atoms with Crippen LogP contribution < -0.4 is 0 Å². The highest BCUT2D eigenvalue weighted by molar-refractivity contribution is 8.15. The molecule has 0 aliphatic carbocycles. The van der Waals surface area contributed by atoms with Crippen LogP contribution >= 0.6 is 23.5 Å². The summed E-state index contributed by atoms with van der Waals surface area (Å²) in [5.74, 6) is 2.20. The second-order valence-corrected chi connectivity index (χ2v) is 5.53. The maximum Gasteiger partial charge on any atom is 0.108 e. The molecule has 4 heteroatoms. The molecule has 0 saturated carbocycles. The summed E-state index contributed by atoms with van der Waals surface area (Å²) < 4.78 is 0. The lowest BCUT2D eigenvalue weighted by atomic mass is 10.1. The van der Waals surface area contributed by atoms with Gasteiger partial charge in [0, 0.05) is 11.5 Å². The summed E-state index contributed by atoms with van der Waals surface area (Å²) in [6.07, 6.45) is 0. The van der Waals surface area contributed by atoms with E-state index in [9.17, 15) is 0 Å². The molecule has 0 aromatic heterocycles. The third-order valence-corrected chi connectivity index (χ3v) is 4.13. The van der Waals surface area contributed by atoms with Crippen molar-refractivity contribution in [2.45, 2.75) is 25.4 Å². The van der Waals surface area contributed by atoms with Crippen LogP contribution in [0.5, 0.6) is 0 Å². The SMILES string of the molecule is CC1(C)CSC(C2CSC=N2)=N1. The van der Waals surface area contributed by atoms with Gasteiger partial charge in [0.05, 0.1) is 16.1 Å². The van der Waals surface area contributed by atoms with Gasteiger partial charge in [-0.15, -0.1) is 23.5 Å². The van der Waals surface area contributed by atoms with Gasteiger partial charge in [-0.3, -0.25) is 9.98 Å². The van der Waals surface area contributed by atoms with Crippen molar-refractivity contribution >= 4 is 34.1 Å². The average Bonchev–Trinajstić information content (AvgIpc) is 2.55. The standard InChI is InChI=1S/C8H12N2S2/c1-8(2)4-12-7(10-8)6-3-11-5-9-6/h5-6H,3-4H2,1-2H3. The summed E-state index contributed by atoms with van der Waals surface area (Å²) in [6.45, 7) is 4.36. The molecular formula is C8H12N2S2. The van der Waals surface area contributed by atoms with Crippen LogP contribution in [0, 0.1) is 0 Å². The van der Waals surface area contributed by atoms with Crippen LogP contribution in [0.3, 0.4) is 0 Å². The Morgan fingerprint density at radius 2 is 2.42 bits per heavy atom. The van der Waals surface area contributed by atoms with Crippen LogP contribution in [0.15, 0.2) is 9.98 Å². The van der Waals surface area contributed by atoms with Crippen molar-refractivity contribution in [1.82, 2.24) is 0 Å². The molecule has 0 aromatic carbocycles. The zero-order valence-electron chi connectivity index (χ0n) is 7.28. The van der Waals surface area contributed by atoms with Crippen LogP contribution in [-0.2, 0) is 0 Å². The van der Waals surface area contributed by atoms with Crippen molar-refractivity contribution in [2.24, 2.45) is 9.98 Å². The summed E-state index contributed by atoms with van der Waals surface area (Å²) in [7, 11) is 0. The Hall–Kier alpha value is 0.0400. The Kier molecular flexibility index (Phi) is 2.21. The predicted molar refractivity (Wildman–Crippen MR) is 58.7 cm³/mol.